The molecule has 0 amide bonds. The van der Waals surface area contributed by atoms with E-state index in [1.54, 1.807) is 17.8 Å². The molecule has 1 aromatic carbocycles. The van der Waals surface area contributed by atoms with Gasteiger partial charge in [-0.1, -0.05) is 12.1 Å². The molecule has 1 aliphatic heterocycles. The number of rotatable bonds is 0. The topological polar surface area (TPSA) is 35.4 Å². The van der Waals surface area contributed by atoms with Gasteiger partial charge >= 0.3 is 0 Å². The van der Waals surface area contributed by atoms with E-state index in [1.807, 2.05) is 24.3 Å². The van der Waals surface area contributed by atoms with Crippen LogP contribution in [-0.4, -0.2) is 10.8 Å². The Bertz CT molecular complexity index is 346. The maximum atomic E-state index is 11.4. The molecule has 1 aliphatic rings. The van der Waals surface area contributed by atoms with Gasteiger partial charge in [0, 0.05) is 23.0 Å². The van der Waals surface area contributed by atoms with Crippen LogP contribution in [0.3, 0.4) is 0 Å². The maximum Gasteiger partial charge on any atom is 0.166 e. The summed E-state index contributed by atoms with van der Waals surface area (Å²) in [5, 5.41) is 1.59. The molecule has 0 saturated heterocycles. The maximum absolute atomic E-state index is 11.4. The van der Waals surface area contributed by atoms with Crippen molar-refractivity contribution in [2.75, 3.05) is 0 Å². The second-order valence-electron chi connectivity index (χ2n) is 2.40. The lowest BCUT2D eigenvalue weighted by Gasteiger charge is -2.04. The van der Waals surface area contributed by atoms with Gasteiger partial charge in [-0.2, -0.15) is 0 Å². The first-order valence-corrected chi connectivity index (χ1v) is 4.79. The number of fused-ring (bicyclic) bond motifs is 1. The molecule has 1 aromatic rings. The van der Waals surface area contributed by atoms with Crippen LogP contribution in [-0.2, 0) is 11.2 Å². The molecule has 3 heteroatoms. The van der Waals surface area contributed by atoms with Gasteiger partial charge in [-0.15, -0.1) is 0 Å². The molecule has 0 aromatic heterocycles. The summed E-state index contributed by atoms with van der Waals surface area (Å²) in [5.74, 6) is 0. The summed E-state index contributed by atoms with van der Waals surface area (Å²) in [5.41, 5.74) is 0.931. The minimum absolute atomic E-state index is 0.829. The molecule has 1 unspecified atom stereocenters. The average Bonchev–Trinajstić information content (AvgIpc) is 2.29. The Hall–Kier alpha value is -1.06. The highest BCUT2D eigenvalue weighted by molar-refractivity contribution is 7.94. The Labute approximate surface area is 73.8 Å². The summed E-state index contributed by atoms with van der Waals surface area (Å²) in [6.07, 6.45) is 3.28. The number of aliphatic imine (C=N–C) groups is 1. The van der Waals surface area contributed by atoms with Crippen LogP contribution in [0.15, 0.2) is 45.8 Å². The third-order valence-corrected chi connectivity index (χ3v) is 2.79. The van der Waals surface area contributed by atoms with Gasteiger partial charge in [0.15, 0.2) is 4.90 Å². The van der Waals surface area contributed by atoms with E-state index in [-0.39, 0.29) is 0 Å². The zero-order valence-corrected chi connectivity index (χ0v) is 7.12. The van der Waals surface area contributed by atoms with Gasteiger partial charge in [-0.3, -0.25) is 4.99 Å². The van der Waals surface area contributed by atoms with Gasteiger partial charge in [0.05, 0.1) is 6.20 Å². The van der Waals surface area contributed by atoms with Gasteiger partial charge in [0.1, 0.15) is 5.41 Å². The largest absolute Gasteiger partial charge is 0.607 e. The summed E-state index contributed by atoms with van der Waals surface area (Å²) >= 11 is -1.04. The molecule has 60 valence electrons. The first-order valence-electron chi connectivity index (χ1n) is 3.57. The van der Waals surface area contributed by atoms with Gasteiger partial charge in [-0.05, 0) is 12.1 Å². The molecule has 2 rings (SSSR count). The van der Waals surface area contributed by atoms with Gasteiger partial charge in [0.25, 0.3) is 0 Å². The van der Waals surface area contributed by atoms with E-state index in [2.05, 4.69) is 4.99 Å². The van der Waals surface area contributed by atoms with Crippen molar-refractivity contribution in [2.45, 2.75) is 4.90 Å². The molecule has 0 saturated carbocycles. The second-order valence-corrected chi connectivity index (χ2v) is 3.71. The quantitative estimate of drug-likeness (QED) is 0.555. The number of hydrogen-bond acceptors (Lipinski definition) is 2. The lowest BCUT2D eigenvalue weighted by Crippen LogP contribution is -1.98. The fraction of sp³-hybridized carbons (Fsp3) is 0. The highest BCUT2D eigenvalue weighted by Crippen LogP contribution is 2.18. The average molecular weight is 177 g/mol. The van der Waals surface area contributed by atoms with E-state index in [0.717, 1.165) is 10.5 Å². The first kappa shape index (κ1) is 7.58. The third kappa shape index (κ3) is 1.29. The predicted molar refractivity (Wildman–Crippen MR) is 49.6 cm³/mol. The Morgan fingerprint density at radius 2 is 2.08 bits per heavy atom. The highest BCUT2D eigenvalue weighted by Gasteiger charge is 2.12. The van der Waals surface area contributed by atoms with Crippen LogP contribution in [0, 0.1) is 0 Å². The number of benzene rings is 1. The van der Waals surface area contributed by atoms with Crippen molar-refractivity contribution in [3.05, 3.63) is 41.4 Å². The van der Waals surface area contributed by atoms with Crippen LogP contribution >= 0.6 is 0 Å². The van der Waals surface area contributed by atoms with Gasteiger partial charge < -0.3 is 4.55 Å². The number of hydrogen-bond donors (Lipinski definition) is 0. The molecule has 2 nitrogen and oxygen atoms in total. The fourth-order valence-corrected chi connectivity index (χ4v) is 1.95. The van der Waals surface area contributed by atoms with Crippen LogP contribution in [0.25, 0.3) is 0 Å². The van der Waals surface area contributed by atoms with Crippen molar-refractivity contribution in [1.82, 2.24) is 0 Å². The molecule has 1 atom stereocenters. The van der Waals surface area contributed by atoms with Crippen LogP contribution < -0.4 is 0 Å². The molecular weight excluding hydrogens is 170 g/mol. The van der Waals surface area contributed by atoms with Crippen LogP contribution in [0.5, 0.6) is 0 Å². The van der Waals surface area contributed by atoms with E-state index in [9.17, 15) is 4.55 Å². The van der Waals surface area contributed by atoms with Crippen LogP contribution in [0.4, 0.5) is 0 Å². The van der Waals surface area contributed by atoms with Crippen molar-refractivity contribution in [1.29, 1.82) is 0 Å². The third-order valence-electron chi connectivity index (χ3n) is 1.62. The Balaban J connectivity index is 2.56. The molecule has 0 bridgehead atoms. The smallest absolute Gasteiger partial charge is 0.166 e. The highest BCUT2D eigenvalue weighted by atomic mass is 32.2. The molecule has 0 fully saturated rings. The van der Waals surface area contributed by atoms with Gasteiger partial charge in [-0.25, -0.2) is 0 Å². The molecule has 0 N–H and O–H groups in total. The van der Waals surface area contributed by atoms with Crippen molar-refractivity contribution in [3.63, 3.8) is 0 Å². The minimum atomic E-state index is -1.04. The van der Waals surface area contributed by atoms with Crippen LogP contribution in [0.2, 0.25) is 0 Å². The molecule has 0 aliphatic carbocycles. The second kappa shape index (κ2) is 3.13. The Morgan fingerprint density at radius 3 is 3.00 bits per heavy atom. The fourth-order valence-electron chi connectivity index (χ4n) is 1.06. The molecule has 12 heavy (non-hydrogen) atoms. The summed E-state index contributed by atoms with van der Waals surface area (Å²) in [7, 11) is 0. The van der Waals surface area contributed by atoms with E-state index >= 15 is 0 Å². The summed E-state index contributed by atoms with van der Waals surface area (Å²) < 4.78 is 11.4. The SMILES string of the molecule is [O-][S+]1C=CN=Cc2ccccc21. The lowest BCUT2D eigenvalue weighted by atomic mass is 10.2. The Morgan fingerprint density at radius 1 is 1.25 bits per heavy atom. The molecule has 1 heterocycles. The van der Waals surface area contributed by atoms with Crippen molar-refractivity contribution in [2.24, 2.45) is 4.99 Å². The van der Waals surface area contributed by atoms with E-state index in [1.165, 1.54) is 0 Å². The zero-order chi connectivity index (χ0) is 8.39. The standard InChI is InChI=1S/C9H7NOS/c11-12-6-5-10-7-8-3-1-2-4-9(8)12/h1-7H. The number of nitrogens with zero attached hydrogens (tertiary/aromatic N) is 1. The minimum Gasteiger partial charge on any atom is -0.607 e. The lowest BCUT2D eigenvalue weighted by molar-refractivity contribution is 0.603. The van der Waals surface area contributed by atoms with E-state index < -0.39 is 11.2 Å². The molecule has 0 spiro atoms. The predicted octanol–water partition coefficient (Wildman–Crippen LogP) is 1.70. The first-order chi connectivity index (χ1) is 5.88. The van der Waals surface area contributed by atoms with Gasteiger partial charge in [0.2, 0.25) is 0 Å². The summed E-state index contributed by atoms with van der Waals surface area (Å²) in [6.45, 7) is 0. The monoisotopic (exact) mass is 177 g/mol. The Kier molecular flexibility index (Phi) is 1.98. The summed E-state index contributed by atoms with van der Waals surface area (Å²) in [6, 6.07) is 7.55. The normalized spacial score (nSPS) is 20.2. The summed E-state index contributed by atoms with van der Waals surface area (Å²) in [4.78, 5) is 4.79. The molecular formula is C9H7NOS. The van der Waals surface area contributed by atoms with Crippen molar-refractivity contribution < 1.29 is 4.55 Å². The van der Waals surface area contributed by atoms with Crippen molar-refractivity contribution in [3.8, 4) is 0 Å². The zero-order valence-electron chi connectivity index (χ0n) is 6.31. The van der Waals surface area contributed by atoms with Crippen molar-refractivity contribution >= 4 is 17.4 Å². The van der Waals surface area contributed by atoms with Crippen LogP contribution in [0.1, 0.15) is 5.56 Å². The molecule has 0 radical (unpaired) electrons. The van der Waals surface area contributed by atoms with E-state index in [4.69, 9.17) is 0 Å². The van der Waals surface area contributed by atoms with E-state index in [0.29, 0.717) is 0 Å².